The van der Waals surface area contributed by atoms with Crippen molar-refractivity contribution in [2.24, 2.45) is 0 Å². The minimum absolute atomic E-state index is 0.0315. The minimum atomic E-state index is -5.04. The molecule has 0 aromatic rings. The highest BCUT2D eigenvalue weighted by Gasteiger charge is 2.48. The van der Waals surface area contributed by atoms with E-state index in [9.17, 15) is 28.5 Å². The number of hydrogen-bond donors (Lipinski definition) is 4. The Labute approximate surface area is 308 Å². The third-order valence-corrected chi connectivity index (χ3v) is 9.29. The van der Waals surface area contributed by atoms with Crippen molar-refractivity contribution >= 4 is 16.4 Å². The smallest absolute Gasteiger partial charge is 0.397 e. The zero-order valence-electron chi connectivity index (χ0n) is 31.4. The molecule has 1 saturated heterocycles. The average Bonchev–Trinajstić information content (AvgIpc) is 3.10. The second kappa shape index (κ2) is 31.0. The summed E-state index contributed by atoms with van der Waals surface area (Å²) >= 11 is 0. The molecule has 13 heteroatoms. The number of ether oxygens (including phenoxy) is 4. The number of rotatable bonds is 33. The first-order valence-electron chi connectivity index (χ1n) is 19.6. The Morgan fingerprint density at radius 2 is 1.29 bits per heavy atom. The largest absolute Gasteiger partial charge is 0.457 e. The first kappa shape index (κ1) is 47.6. The van der Waals surface area contributed by atoms with Gasteiger partial charge in [-0.3, -0.25) is 9.35 Å². The molecule has 0 saturated carbocycles. The van der Waals surface area contributed by atoms with Crippen LogP contribution in [0.5, 0.6) is 0 Å². The van der Waals surface area contributed by atoms with Gasteiger partial charge in [0, 0.05) is 13.0 Å². The van der Waals surface area contributed by atoms with Gasteiger partial charge in [0.25, 0.3) is 0 Å². The fraction of sp³-hybridized carbons (Fsp3) is 0.868. The summed E-state index contributed by atoms with van der Waals surface area (Å²) in [5.74, 6) is -0.436. The normalized spacial score (nSPS) is 21.9. The summed E-state index contributed by atoms with van der Waals surface area (Å²) in [6.07, 6.45) is 23.6. The summed E-state index contributed by atoms with van der Waals surface area (Å²) in [5, 5.41) is 30.3. The lowest BCUT2D eigenvalue weighted by molar-refractivity contribution is -0.301. The van der Waals surface area contributed by atoms with E-state index >= 15 is 0 Å². The SMILES string of the molecule is CCCCCCC/C=C\C/C=C\CCCCCCCCCCCCOCC(COC1OC(CO)C(O)C(OS(=O)(=O)O)C1O)OC(=O)CCCC. The Kier molecular flexibility index (Phi) is 28.9. The van der Waals surface area contributed by atoms with E-state index in [1.807, 2.05) is 6.92 Å². The van der Waals surface area contributed by atoms with E-state index < -0.39 is 59.8 Å². The van der Waals surface area contributed by atoms with E-state index in [1.54, 1.807) is 0 Å². The Bertz CT molecular complexity index is 1000. The molecule has 1 rings (SSSR count). The number of carbonyl (C=O) groups is 1. The molecule has 51 heavy (non-hydrogen) atoms. The lowest BCUT2D eigenvalue weighted by atomic mass is 9.99. The zero-order chi connectivity index (χ0) is 37.6. The lowest BCUT2D eigenvalue weighted by Gasteiger charge is -2.41. The summed E-state index contributed by atoms with van der Waals surface area (Å²) < 4.78 is 58.2. The van der Waals surface area contributed by atoms with E-state index in [4.69, 9.17) is 23.5 Å². The van der Waals surface area contributed by atoms with E-state index in [0.717, 1.165) is 32.1 Å². The fourth-order valence-electron chi connectivity index (χ4n) is 5.80. The van der Waals surface area contributed by atoms with Crippen LogP contribution in [0.3, 0.4) is 0 Å². The molecule has 4 N–H and O–H groups in total. The van der Waals surface area contributed by atoms with Gasteiger partial charge in [0.15, 0.2) is 6.29 Å². The molecule has 0 aliphatic carbocycles. The molecule has 0 aromatic carbocycles. The Balaban J connectivity index is 2.21. The van der Waals surface area contributed by atoms with Crippen LogP contribution in [-0.4, -0.2) is 97.5 Å². The molecule has 0 bridgehead atoms. The van der Waals surface area contributed by atoms with Gasteiger partial charge in [-0.15, -0.1) is 0 Å². The maximum Gasteiger partial charge on any atom is 0.397 e. The van der Waals surface area contributed by atoms with Crippen LogP contribution in [0.4, 0.5) is 0 Å². The van der Waals surface area contributed by atoms with Crippen molar-refractivity contribution in [3.05, 3.63) is 24.3 Å². The van der Waals surface area contributed by atoms with Crippen LogP contribution in [0, 0.1) is 0 Å². The summed E-state index contributed by atoms with van der Waals surface area (Å²) in [5.41, 5.74) is 0. The van der Waals surface area contributed by atoms with E-state index in [1.165, 1.54) is 89.9 Å². The molecular weight excluding hydrogens is 680 g/mol. The quantitative estimate of drug-likeness (QED) is 0.0236. The van der Waals surface area contributed by atoms with Crippen molar-refractivity contribution in [3.8, 4) is 0 Å². The van der Waals surface area contributed by atoms with Crippen molar-refractivity contribution in [3.63, 3.8) is 0 Å². The zero-order valence-corrected chi connectivity index (χ0v) is 32.2. The minimum Gasteiger partial charge on any atom is -0.457 e. The second-order valence-corrected chi connectivity index (χ2v) is 14.6. The number of aliphatic hydroxyl groups excluding tert-OH is 3. The van der Waals surface area contributed by atoms with Gasteiger partial charge in [-0.1, -0.05) is 122 Å². The fourth-order valence-corrected chi connectivity index (χ4v) is 6.31. The molecule has 1 aliphatic rings. The summed E-state index contributed by atoms with van der Waals surface area (Å²) in [7, 11) is -5.04. The number of carbonyl (C=O) groups excluding carboxylic acids is 1. The number of allylic oxidation sites excluding steroid dienone is 4. The van der Waals surface area contributed by atoms with Gasteiger partial charge in [-0.25, -0.2) is 4.18 Å². The predicted molar refractivity (Wildman–Crippen MR) is 197 cm³/mol. The van der Waals surface area contributed by atoms with Gasteiger partial charge < -0.3 is 34.3 Å². The molecular formula is C38H70O12S. The van der Waals surface area contributed by atoms with Crippen LogP contribution < -0.4 is 0 Å². The molecule has 0 radical (unpaired) electrons. The molecule has 1 fully saturated rings. The van der Waals surface area contributed by atoms with E-state index in [2.05, 4.69) is 35.4 Å². The van der Waals surface area contributed by atoms with Gasteiger partial charge in [-0.2, -0.15) is 8.42 Å². The van der Waals surface area contributed by atoms with Crippen LogP contribution in [0.2, 0.25) is 0 Å². The van der Waals surface area contributed by atoms with Gasteiger partial charge in [-0.05, 0) is 44.9 Å². The Morgan fingerprint density at radius 3 is 1.84 bits per heavy atom. The maximum absolute atomic E-state index is 12.3. The average molecular weight is 751 g/mol. The van der Waals surface area contributed by atoms with Gasteiger partial charge in [0.05, 0.1) is 19.8 Å². The van der Waals surface area contributed by atoms with Crippen LogP contribution in [0.15, 0.2) is 24.3 Å². The molecule has 1 aliphatic heterocycles. The molecule has 0 amide bonds. The monoisotopic (exact) mass is 750 g/mol. The van der Waals surface area contributed by atoms with Crippen molar-refractivity contribution in [1.82, 2.24) is 0 Å². The summed E-state index contributed by atoms with van der Waals surface area (Å²) in [4.78, 5) is 12.3. The molecule has 6 atom stereocenters. The maximum atomic E-state index is 12.3. The highest BCUT2D eigenvalue weighted by atomic mass is 32.3. The van der Waals surface area contributed by atoms with E-state index in [0.29, 0.717) is 13.0 Å². The van der Waals surface area contributed by atoms with Gasteiger partial charge >= 0.3 is 16.4 Å². The van der Waals surface area contributed by atoms with Crippen molar-refractivity contribution in [2.75, 3.05) is 26.4 Å². The molecule has 6 unspecified atom stereocenters. The van der Waals surface area contributed by atoms with Crippen LogP contribution in [0.25, 0.3) is 0 Å². The summed E-state index contributed by atoms with van der Waals surface area (Å²) in [6.45, 7) is 3.69. The van der Waals surface area contributed by atoms with Crippen LogP contribution >= 0.6 is 0 Å². The highest BCUT2D eigenvalue weighted by molar-refractivity contribution is 7.80. The standard InChI is InChI=1S/C38H70O12S/c1-3-5-7-8-9-10-11-12-13-14-15-16-17-18-19-20-21-22-23-24-25-26-28-46-30-32(48-34(40)27-6-4-2)31-47-38-36(42)37(50-51(43,44)45)35(41)33(29-39)49-38/h11-12,14-15,32-33,35-39,41-42H,3-10,13,16-31H2,1-2H3,(H,43,44,45)/b12-11-,15-14-. The number of unbranched alkanes of at least 4 members (excludes halogenated alkanes) is 16. The van der Waals surface area contributed by atoms with Crippen molar-refractivity contribution < 1.29 is 56.2 Å². The van der Waals surface area contributed by atoms with Crippen molar-refractivity contribution in [1.29, 1.82) is 0 Å². The third kappa shape index (κ3) is 25.3. The van der Waals surface area contributed by atoms with Gasteiger partial charge in [0.1, 0.15) is 30.5 Å². The van der Waals surface area contributed by atoms with Crippen LogP contribution in [-0.2, 0) is 38.3 Å². The number of aliphatic hydroxyl groups is 3. The molecule has 300 valence electrons. The summed E-state index contributed by atoms with van der Waals surface area (Å²) in [6, 6.07) is 0. The topological polar surface area (TPSA) is 178 Å². The van der Waals surface area contributed by atoms with Crippen molar-refractivity contribution in [2.45, 2.75) is 185 Å². The number of hydrogen-bond acceptors (Lipinski definition) is 11. The predicted octanol–water partition coefficient (Wildman–Crippen LogP) is 6.90. The first-order chi connectivity index (χ1) is 24.6. The van der Waals surface area contributed by atoms with Crippen LogP contribution in [0.1, 0.15) is 149 Å². The molecule has 0 aromatic heterocycles. The highest BCUT2D eigenvalue weighted by Crippen LogP contribution is 2.26. The van der Waals surface area contributed by atoms with Gasteiger partial charge in [0.2, 0.25) is 0 Å². The first-order valence-corrected chi connectivity index (χ1v) is 21.0. The Hall–Kier alpha value is -1.42. The second-order valence-electron chi connectivity index (χ2n) is 13.5. The Morgan fingerprint density at radius 1 is 0.745 bits per heavy atom. The molecule has 1 heterocycles. The number of esters is 1. The molecule has 0 spiro atoms. The molecule has 12 nitrogen and oxygen atoms in total. The third-order valence-electron chi connectivity index (χ3n) is 8.83. The van der Waals surface area contributed by atoms with E-state index in [-0.39, 0.29) is 19.6 Å². The lowest BCUT2D eigenvalue weighted by Crippen LogP contribution is -2.60.